The van der Waals surface area contributed by atoms with Crippen LogP contribution in [0.2, 0.25) is 0 Å². The molecule has 1 unspecified atom stereocenters. The molecule has 1 fully saturated rings. The number of likely N-dealkylation sites (N-methyl/N-ethyl adjacent to an activating group) is 1. The van der Waals surface area contributed by atoms with Gasteiger partial charge in [0.05, 0.1) is 7.11 Å². The molecular weight excluding hydrogens is 394 g/mol. The van der Waals surface area contributed by atoms with E-state index in [1.165, 1.54) is 16.7 Å². The van der Waals surface area contributed by atoms with Gasteiger partial charge in [0.15, 0.2) is 0 Å². The summed E-state index contributed by atoms with van der Waals surface area (Å²) in [6, 6.07) is 28.9. The van der Waals surface area contributed by atoms with Crippen molar-refractivity contribution in [2.45, 2.75) is 18.5 Å². The summed E-state index contributed by atoms with van der Waals surface area (Å²) in [5, 5.41) is 0. The van der Waals surface area contributed by atoms with E-state index in [0.717, 1.165) is 37.6 Å². The van der Waals surface area contributed by atoms with E-state index in [4.69, 9.17) is 4.74 Å². The van der Waals surface area contributed by atoms with Crippen LogP contribution in [0.1, 0.15) is 22.6 Å². The lowest BCUT2D eigenvalue weighted by atomic mass is 9.83. The Bertz CT molecular complexity index is 951. The number of rotatable bonds is 7. The van der Waals surface area contributed by atoms with E-state index in [1.54, 1.807) is 7.11 Å². The van der Waals surface area contributed by atoms with Crippen LogP contribution in [0.3, 0.4) is 0 Å². The molecule has 0 aliphatic carbocycles. The molecule has 0 saturated carbocycles. The fourth-order valence-electron chi connectivity index (χ4n) is 4.80. The van der Waals surface area contributed by atoms with Crippen LogP contribution in [0.25, 0.3) is 0 Å². The van der Waals surface area contributed by atoms with Crippen molar-refractivity contribution in [1.29, 1.82) is 0 Å². The summed E-state index contributed by atoms with van der Waals surface area (Å²) >= 11 is 0. The topological polar surface area (TPSA) is 19.0 Å². The first-order valence-electron chi connectivity index (χ1n) is 11.4. The summed E-state index contributed by atoms with van der Waals surface area (Å²) in [6.07, 6.45) is 0. The van der Waals surface area contributed by atoms with Crippen LogP contribution in [0, 0.1) is 0 Å². The van der Waals surface area contributed by atoms with Gasteiger partial charge >= 0.3 is 0 Å². The molecule has 1 heterocycles. The largest absolute Gasteiger partial charge is 0.496 e. The predicted octanol–water partition coefficient (Wildman–Crippen LogP) is 4.71. The van der Waals surface area contributed by atoms with Crippen LogP contribution in [0.4, 0.5) is 5.69 Å². The monoisotopic (exact) mass is 429 g/mol. The van der Waals surface area contributed by atoms with Crippen LogP contribution >= 0.6 is 0 Å². The molecule has 0 radical (unpaired) electrons. The van der Waals surface area contributed by atoms with Crippen molar-refractivity contribution in [3.05, 3.63) is 95.6 Å². The molecule has 1 aliphatic rings. The second-order valence-electron chi connectivity index (χ2n) is 8.97. The lowest BCUT2D eigenvalue weighted by molar-refractivity contribution is 0.0810. The zero-order valence-corrected chi connectivity index (χ0v) is 19.7. The predicted molar refractivity (Wildman–Crippen MR) is 134 cm³/mol. The molecule has 32 heavy (non-hydrogen) atoms. The van der Waals surface area contributed by atoms with Gasteiger partial charge in [0.1, 0.15) is 5.75 Å². The SMILES string of the molecule is COc1cc(N(C)C)ccc1CN1CCN(C)C(C(c2ccccc2)c2ccccc2)C1. The number of nitrogens with zero attached hydrogens (tertiary/aromatic N) is 3. The average molecular weight is 430 g/mol. The van der Waals surface area contributed by atoms with Crippen molar-refractivity contribution in [2.24, 2.45) is 0 Å². The van der Waals surface area contributed by atoms with Gasteiger partial charge in [-0.1, -0.05) is 66.7 Å². The minimum atomic E-state index is 0.336. The fraction of sp³-hybridized carbons (Fsp3) is 0.357. The Labute approximate surface area is 193 Å². The van der Waals surface area contributed by atoms with E-state index >= 15 is 0 Å². The van der Waals surface area contributed by atoms with E-state index < -0.39 is 0 Å². The van der Waals surface area contributed by atoms with Gasteiger partial charge in [-0.3, -0.25) is 9.80 Å². The molecule has 3 aromatic carbocycles. The Balaban J connectivity index is 1.60. The zero-order chi connectivity index (χ0) is 22.5. The molecule has 0 bridgehead atoms. The number of hydrogen-bond acceptors (Lipinski definition) is 4. The van der Waals surface area contributed by atoms with Crippen molar-refractivity contribution >= 4 is 5.69 Å². The summed E-state index contributed by atoms with van der Waals surface area (Å²) in [6.45, 7) is 4.03. The van der Waals surface area contributed by atoms with E-state index in [9.17, 15) is 0 Å². The van der Waals surface area contributed by atoms with Crippen LogP contribution < -0.4 is 9.64 Å². The molecule has 0 amide bonds. The number of benzene rings is 3. The Hall–Kier alpha value is -2.82. The molecule has 1 saturated heterocycles. The van der Waals surface area contributed by atoms with Crippen LogP contribution in [0.15, 0.2) is 78.9 Å². The minimum Gasteiger partial charge on any atom is -0.496 e. The van der Waals surface area contributed by atoms with Crippen molar-refractivity contribution in [1.82, 2.24) is 9.80 Å². The molecule has 1 atom stereocenters. The van der Waals surface area contributed by atoms with E-state index in [1.807, 2.05) is 0 Å². The highest BCUT2D eigenvalue weighted by molar-refractivity contribution is 5.53. The first-order valence-corrected chi connectivity index (χ1v) is 11.4. The fourth-order valence-corrected chi connectivity index (χ4v) is 4.80. The highest BCUT2D eigenvalue weighted by atomic mass is 16.5. The van der Waals surface area contributed by atoms with E-state index in [0.29, 0.717) is 12.0 Å². The third-order valence-electron chi connectivity index (χ3n) is 6.66. The standard InChI is InChI=1S/C28H35N3O/c1-29(2)25-16-15-24(27(19-25)32-4)20-31-18-17-30(3)26(21-31)28(22-11-7-5-8-12-22)23-13-9-6-10-14-23/h5-16,19,26,28H,17-18,20-21H2,1-4H3. The Morgan fingerprint density at radius 2 is 1.53 bits per heavy atom. The molecule has 1 aliphatic heterocycles. The summed E-state index contributed by atoms with van der Waals surface area (Å²) in [5.74, 6) is 1.30. The molecule has 4 nitrogen and oxygen atoms in total. The molecular formula is C28H35N3O. The molecule has 0 spiro atoms. The number of methoxy groups -OCH3 is 1. The smallest absolute Gasteiger partial charge is 0.125 e. The quantitative estimate of drug-likeness (QED) is 0.541. The first-order chi connectivity index (χ1) is 15.6. The zero-order valence-electron chi connectivity index (χ0n) is 19.7. The Morgan fingerprint density at radius 3 is 2.09 bits per heavy atom. The summed E-state index contributed by atoms with van der Waals surface area (Å²) in [4.78, 5) is 7.23. The van der Waals surface area contributed by atoms with Crippen LogP contribution in [-0.2, 0) is 6.54 Å². The number of piperazine rings is 1. The van der Waals surface area contributed by atoms with Gasteiger partial charge in [-0.2, -0.15) is 0 Å². The molecule has 4 rings (SSSR count). The van der Waals surface area contributed by atoms with E-state index in [-0.39, 0.29) is 0 Å². The van der Waals surface area contributed by atoms with Crippen molar-refractivity contribution in [3.63, 3.8) is 0 Å². The van der Waals surface area contributed by atoms with Gasteiger partial charge in [-0.05, 0) is 24.2 Å². The second-order valence-corrected chi connectivity index (χ2v) is 8.97. The van der Waals surface area contributed by atoms with Gasteiger partial charge in [0, 0.05) is 69.6 Å². The molecule has 168 valence electrons. The highest BCUT2D eigenvalue weighted by Crippen LogP contribution is 2.33. The van der Waals surface area contributed by atoms with Gasteiger partial charge in [0.2, 0.25) is 0 Å². The summed E-state index contributed by atoms with van der Waals surface area (Å²) < 4.78 is 5.75. The third kappa shape index (κ3) is 4.98. The molecule has 0 N–H and O–H groups in total. The van der Waals surface area contributed by atoms with Crippen molar-refractivity contribution < 1.29 is 4.74 Å². The number of hydrogen-bond donors (Lipinski definition) is 0. The van der Waals surface area contributed by atoms with E-state index in [2.05, 4.69) is 115 Å². The highest BCUT2D eigenvalue weighted by Gasteiger charge is 2.33. The minimum absolute atomic E-state index is 0.336. The normalized spacial score (nSPS) is 17.5. The lowest BCUT2D eigenvalue weighted by Crippen LogP contribution is -2.53. The van der Waals surface area contributed by atoms with Crippen molar-refractivity contribution in [3.8, 4) is 5.75 Å². The molecule has 0 aromatic heterocycles. The second kappa shape index (κ2) is 10.2. The third-order valence-corrected chi connectivity index (χ3v) is 6.66. The van der Waals surface area contributed by atoms with Gasteiger partial charge in [-0.15, -0.1) is 0 Å². The maximum atomic E-state index is 5.75. The summed E-state index contributed by atoms with van der Waals surface area (Å²) in [7, 11) is 8.17. The van der Waals surface area contributed by atoms with Gasteiger partial charge in [-0.25, -0.2) is 0 Å². The maximum Gasteiger partial charge on any atom is 0.125 e. The molecule has 4 heteroatoms. The molecule has 3 aromatic rings. The van der Waals surface area contributed by atoms with Crippen molar-refractivity contribution in [2.75, 3.05) is 52.8 Å². The van der Waals surface area contributed by atoms with Crippen LogP contribution in [-0.4, -0.2) is 63.7 Å². The van der Waals surface area contributed by atoms with Gasteiger partial charge < -0.3 is 9.64 Å². The Kier molecular flexibility index (Phi) is 7.13. The number of ether oxygens (including phenoxy) is 1. The lowest BCUT2D eigenvalue weighted by Gasteiger charge is -2.43. The number of anilines is 1. The first kappa shape index (κ1) is 22.4. The summed E-state index contributed by atoms with van der Waals surface area (Å²) in [5.41, 5.74) is 5.17. The van der Waals surface area contributed by atoms with Crippen LogP contribution in [0.5, 0.6) is 5.75 Å². The maximum absolute atomic E-state index is 5.75. The Morgan fingerprint density at radius 1 is 0.906 bits per heavy atom. The average Bonchev–Trinajstić information content (AvgIpc) is 2.83. The van der Waals surface area contributed by atoms with Gasteiger partial charge in [0.25, 0.3) is 0 Å².